The molecule has 25 heavy (non-hydrogen) atoms. The van der Waals surface area contributed by atoms with Crippen molar-refractivity contribution in [3.05, 3.63) is 23.8 Å². The Kier molecular flexibility index (Phi) is 4.71. The first-order valence-corrected chi connectivity index (χ1v) is 7.86. The lowest BCUT2D eigenvalue weighted by Crippen LogP contribution is -2.38. The third-order valence-corrected chi connectivity index (χ3v) is 3.69. The smallest absolute Gasteiger partial charge is 0.414 e. The van der Waals surface area contributed by atoms with Crippen LogP contribution in [0.4, 0.5) is 16.2 Å². The molecule has 0 unspecified atom stereocenters. The lowest BCUT2D eigenvalue weighted by Gasteiger charge is -2.26. The number of hydrogen-bond donors (Lipinski definition) is 1. The van der Waals surface area contributed by atoms with Crippen LogP contribution in [-0.4, -0.2) is 24.0 Å². The molecule has 0 fully saturated rings. The van der Waals surface area contributed by atoms with Crippen LogP contribution < -0.4 is 10.3 Å². The maximum atomic E-state index is 12.6. The molecule has 2 rings (SSSR count). The Morgan fingerprint density at radius 3 is 2.52 bits per heavy atom. The van der Waals surface area contributed by atoms with E-state index in [0.717, 1.165) is 11.3 Å². The van der Waals surface area contributed by atoms with Gasteiger partial charge in [-0.1, -0.05) is 19.9 Å². The zero-order valence-electron chi connectivity index (χ0n) is 15.0. The molecule has 1 aromatic carbocycles. The van der Waals surface area contributed by atoms with Crippen LogP contribution in [-0.2, 0) is 10.2 Å². The molecule has 0 saturated carbocycles. The first-order chi connectivity index (χ1) is 11.6. The Hall–Kier alpha value is -3.06. The van der Waals surface area contributed by atoms with Gasteiger partial charge in [-0.15, -0.1) is 0 Å². The normalized spacial score (nSPS) is 14.8. The molecule has 0 spiro atoms. The number of ether oxygens (including phenoxy) is 1. The van der Waals surface area contributed by atoms with Gasteiger partial charge in [0.25, 0.3) is 0 Å². The van der Waals surface area contributed by atoms with Crippen molar-refractivity contribution in [2.45, 2.75) is 45.6 Å². The van der Waals surface area contributed by atoms with Crippen LogP contribution in [0.3, 0.4) is 0 Å². The molecule has 130 valence electrons. The van der Waals surface area contributed by atoms with Crippen LogP contribution in [0, 0.1) is 22.7 Å². The van der Waals surface area contributed by atoms with Gasteiger partial charge in [-0.05, 0) is 38.5 Å². The molecular formula is C18H21N5O2. The molecule has 0 atom stereocenters. The van der Waals surface area contributed by atoms with Crippen molar-refractivity contribution in [3.63, 3.8) is 0 Å². The number of amides is 1. The van der Waals surface area contributed by atoms with Crippen LogP contribution in [0.25, 0.3) is 0 Å². The van der Waals surface area contributed by atoms with Crippen LogP contribution >= 0.6 is 0 Å². The van der Waals surface area contributed by atoms with Gasteiger partial charge in [0.05, 0.1) is 11.4 Å². The lowest BCUT2D eigenvalue weighted by atomic mass is 9.87. The third-order valence-electron chi connectivity index (χ3n) is 3.69. The molecule has 0 aliphatic carbocycles. The minimum Gasteiger partial charge on any atom is -0.443 e. The van der Waals surface area contributed by atoms with E-state index in [-0.39, 0.29) is 11.1 Å². The van der Waals surface area contributed by atoms with Crippen molar-refractivity contribution in [1.82, 2.24) is 0 Å². The Labute approximate surface area is 147 Å². The maximum absolute atomic E-state index is 12.6. The first kappa shape index (κ1) is 18.3. The summed E-state index contributed by atoms with van der Waals surface area (Å²) >= 11 is 0. The summed E-state index contributed by atoms with van der Waals surface area (Å²) in [6.45, 7) is 10.1. The molecule has 0 aromatic heterocycles. The summed E-state index contributed by atoms with van der Waals surface area (Å²) in [6, 6.07) is 8.85. The fourth-order valence-corrected chi connectivity index (χ4v) is 2.64. The first-order valence-electron chi connectivity index (χ1n) is 7.86. The highest BCUT2D eigenvalue weighted by molar-refractivity contribution is 6.10. The van der Waals surface area contributed by atoms with E-state index in [4.69, 9.17) is 15.3 Å². The highest BCUT2D eigenvalue weighted by atomic mass is 16.6. The minimum absolute atomic E-state index is 0.210. The third kappa shape index (κ3) is 4.07. The molecular weight excluding hydrogens is 318 g/mol. The highest BCUT2D eigenvalue weighted by Crippen LogP contribution is 2.42. The van der Waals surface area contributed by atoms with Crippen molar-refractivity contribution < 1.29 is 9.53 Å². The van der Waals surface area contributed by atoms with Gasteiger partial charge in [-0.25, -0.2) is 4.79 Å². The van der Waals surface area contributed by atoms with Crippen LogP contribution in [0.5, 0.6) is 0 Å². The van der Waals surface area contributed by atoms with Gasteiger partial charge < -0.3 is 4.74 Å². The second-order valence-corrected chi connectivity index (χ2v) is 7.48. The topological polar surface area (TPSA) is 102 Å². The van der Waals surface area contributed by atoms with E-state index in [2.05, 4.69) is 24.4 Å². The number of rotatable bonds is 2. The van der Waals surface area contributed by atoms with Crippen molar-refractivity contribution >= 4 is 23.2 Å². The van der Waals surface area contributed by atoms with Gasteiger partial charge in [-0.3, -0.25) is 10.3 Å². The second-order valence-electron chi connectivity index (χ2n) is 7.48. The van der Waals surface area contributed by atoms with E-state index in [1.165, 1.54) is 0 Å². The molecule has 1 aromatic rings. The van der Waals surface area contributed by atoms with Crippen LogP contribution in [0.1, 0.15) is 40.2 Å². The van der Waals surface area contributed by atoms with Gasteiger partial charge in [0.15, 0.2) is 0 Å². The van der Waals surface area contributed by atoms with E-state index in [9.17, 15) is 4.79 Å². The van der Waals surface area contributed by atoms with Crippen molar-refractivity contribution in [3.8, 4) is 12.1 Å². The summed E-state index contributed by atoms with van der Waals surface area (Å²) in [7, 11) is 0. The van der Waals surface area contributed by atoms with E-state index in [1.54, 1.807) is 29.2 Å². The van der Waals surface area contributed by atoms with Gasteiger partial charge in [-0.2, -0.15) is 15.6 Å². The number of anilines is 2. The summed E-state index contributed by atoms with van der Waals surface area (Å²) in [6.07, 6.45) is -0.408. The number of hydrazone groups is 1. The molecule has 1 N–H and O–H groups in total. The molecule has 1 aliphatic rings. The molecule has 1 aliphatic heterocycles. The van der Waals surface area contributed by atoms with E-state index < -0.39 is 11.7 Å². The summed E-state index contributed by atoms with van der Waals surface area (Å²) in [4.78, 5) is 14.2. The van der Waals surface area contributed by atoms with Gasteiger partial charge in [0.1, 0.15) is 17.7 Å². The number of carbonyl (C=O) groups is 1. The van der Waals surface area contributed by atoms with E-state index >= 15 is 0 Å². The summed E-state index contributed by atoms with van der Waals surface area (Å²) in [5.74, 6) is 0. The average Bonchev–Trinajstić information content (AvgIpc) is 2.78. The number of nitriles is 2. The van der Waals surface area contributed by atoms with Crippen molar-refractivity contribution in [1.29, 1.82) is 10.5 Å². The molecule has 0 saturated heterocycles. The number of carbonyl (C=O) groups excluding carboxylic acids is 1. The Bertz CT molecular complexity index is 790. The van der Waals surface area contributed by atoms with Crippen molar-refractivity contribution in [2.24, 2.45) is 5.10 Å². The summed E-state index contributed by atoms with van der Waals surface area (Å²) in [5, 5.41) is 21.2. The maximum Gasteiger partial charge on any atom is 0.414 e. The average molecular weight is 339 g/mol. The molecule has 7 nitrogen and oxygen atoms in total. The van der Waals surface area contributed by atoms with E-state index in [1.807, 2.05) is 26.8 Å². The minimum atomic E-state index is -0.585. The van der Waals surface area contributed by atoms with Gasteiger partial charge >= 0.3 is 6.09 Å². The zero-order valence-corrected chi connectivity index (χ0v) is 15.0. The van der Waals surface area contributed by atoms with Crippen LogP contribution in [0.2, 0.25) is 0 Å². The Morgan fingerprint density at radius 2 is 1.96 bits per heavy atom. The number of nitrogens with one attached hydrogen (secondary N) is 1. The predicted molar refractivity (Wildman–Crippen MR) is 95.3 cm³/mol. The fraction of sp³-hybridized carbons (Fsp3) is 0.444. The number of benzene rings is 1. The van der Waals surface area contributed by atoms with Crippen molar-refractivity contribution in [2.75, 3.05) is 16.9 Å². The number of nitrogens with zero attached hydrogens (tertiary/aromatic N) is 4. The standard InChI is InChI=1S/C18H21N5O2/c1-17(2,3)25-16(24)23-11-18(4,5)14-7-6-12(8-15(14)23)21-22-13(9-19)10-20/h6-8,21H,11H2,1-5H3. The largest absolute Gasteiger partial charge is 0.443 e. The van der Waals surface area contributed by atoms with Crippen LogP contribution in [0.15, 0.2) is 23.3 Å². The summed E-state index contributed by atoms with van der Waals surface area (Å²) < 4.78 is 5.50. The lowest BCUT2D eigenvalue weighted by molar-refractivity contribution is 0.0579. The molecule has 1 amide bonds. The number of hydrogen-bond acceptors (Lipinski definition) is 6. The molecule has 7 heteroatoms. The molecule has 1 heterocycles. The Balaban J connectivity index is 2.35. The molecule has 0 radical (unpaired) electrons. The number of fused-ring (bicyclic) bond motifs is 1. The zero-order chi connectivity index (χ0) is 18.8. The summed E-state index contributed by atoms with van der Waals surface area (Å²) in [5.41, 5.74) is 3.94. The second kappa shape index (κ2) is 6.45. The predicted octanol–water partition coefficient (Wildman–Crippen LogP) is 3.53. The fourth-order valence-electron chi connectivity index (χ4n) is 2.64. The van der Waals surface area contributed by atoms with Gasteiger partial charge in [0.2, 0.25) is 5.71 Å². The Morgan fingerprint density at radius 1 is 1.32 bits per heavy atom. The SMILES string of the molecule is CC(C)(C)OC(=O)N1CC(C)(C)c2ccc(NN=C(C#N)C#N)cc21. The van der Waals surface area contributed by atoms with Gasteiger partial charge in [0, 0.05) is 12.0 Å². The quantitative estimate of drug-likeness (QED) is 0.656. The van der Waals surface area contributed by atoms with E-state index in [0.29, 0.717) is 12.2 Å². The monoisotopic (exact) mass is 339 g/mol. The molecule has 0 bridgehead atoms. The highest BCUT2D eigenvalue weighted by Gasteiger charge is 2.39.